The van der Waals surface area contributed by atoms with Gasteiger partial charge < -0.3 is 10.8 Å². The van der Waals surface area contributed by atoms with E-state index >= 15 is 0 Å². The standard InChI is InChI=1S/C11H17BrN2O3S/c1-8(15)5-6-14(2)18(16,17)11-4-3-9(13)7-10(11)12/h3-4,7-8,15H,5-6,13H2,1-2H3. The fourth-order valence-corrected chi connectivity index (χ4v) is 3.62. The van der Waals surface area contributed by atoms with Gasteiger partial charge >= 0.3 is 0 Å². The molecule has 18 heavy (non-hydrogen) atoms. The Balaban J connectivity index is 2.98. The summed E-state index contributed by atoms with van der Waals surface area (Å²) in [5.74, 6) is 0. The molecule has 1 aromatic rings. The highest BCUT2D eigenvalue weighted by molar-refractivity contribution is 9.10. The first kappa shape index (κ1) is 15.4. The van der Waals surface area contributed by atoms with E-state index < -0.39 is 16.1 Å². The Hall–Kier alpha value is -0.630. The van der Waals surface area contributed by atoms with Crippen LogP contribution < -0.4 is 5.73 Å². The van der Waals surface area contributed by atoms with Gasteiger partial charge in [-0.1, -0.05) is 0 Å². The first-order valence-electron chi connectivity index (χ1n) is 5.44. The lowest BCUT2D eigenvalue weighted by molar-refractivity contribution is 0.177. The van der Waals surface area contributed by atoms with Gasteiger partial charge in [-0.15, -0.1) is 0 Å². The lowest BCUT2D eigenvalue weighted by Gasteiger charge is -2.18. The number of aliphatic hydroxyl groups excluding tert-OH is 1. The van der Waals surface area contributed by atoms with E-state index in [2.05, 4.69) is 15.9 Å². The number of rotatable bonds is 5. The average molecular weight is 337 g/mol. The summed E-state index contributed by atoms with van der Waals surface area (Å²) in [6, 6.07) is 4.56. The van der Waals surface area contributed by atoms with Crippen LogP contribution in [0.5, 0.6) is 0 Å². The van der Waals surface area contributed by atoms with Gasteiger partial charge in [0.05, 0.1) is 11.0 Å². The number of aliphatic hydroxyl groups is 1. The van der Waals surface area contributed by atoms with Gasteiger partial charge in [0, 0.05) is 23.8 Å². The summed E-state index contributed by atoms with van der Waals surface area (Å²) in [6.07, 6.45) is -0.139. The van der Waals surface area contributed by atoms with Crippen LogP contribution in [-0.2, 0) is 10.0 Å². The summed E-state index contributed by atoms with van der Waals surface area (Å²) in [7, 11) is -2.08. The molecule has 1 atom stereocenters. The zero-order chi connectivity index (χ0) is 13.9. The third-order valence-corrected chi connectivity index (χ3v) is 5.34. The van der Waals surface area contributed by atoms with Crippen molar-refractivity contribution in [2.24, 2.45) is 0 Å². The Kier molecular flexibility index (Phi) is 5.15. The number of nitrogens with zero attached hydrogens (tertiary/aromatic N) is 1. The molecule has 7 heteroatoms. The van der Waals surface area contributed by atoms with Crippen LogP contribution in [-0.4, -0.2) is 37.5 Å². The smallest absolute Gasteiger partial charge is 0.243 e. The topological polar surface area (TPSA) is 83.6 Å². The Morgan fingerprint density at radius 3 is 2.61 bits per heavy atom. The van der Waals surface area contributed by atoms with Crippen molar-refractivity contribution in [3.63, 3.8) is 0 Å². The maximum Gasteiger partial charge on any atom is 0.243 e. The molecule has 1 rings (SSSR count). The zero-order valence-electron chi connectivity index (χ0n) is 10.3. The normalized spacial score (nSPS) is 13.8. The fraction of sp³-hybridized carbons (Fsp3) is 0.455. The second kappa shape index (κ2) is 6.01. The van der Waals surface area contributed by atoms with E-state index in [1.807, 2.05) is 0 Å². The highest BCUT2D eigenvalue weighted by Gasteiger charge is 2.23. The van der Waals surface area contributed by atoms with Gasteiger partial charge in [0.1, 0.15) is 0 Å². The van der Waals surface area contributed by atoms with Gasteiger partial charge in [-0.3, -0.25) is 0 Å². The number of halogens is 1. The molecule has 0 aromatic heterocycles. The third kappa shape index (κ3) is 3.68. The van der Waals surface area contributed by atoms with Crippen molar-refractivity contribution in [2.45, 2.75) is 24.3 Å². The van der Waals surface area contributed by atoms with Crippen LogP contribution in [0.25, 0.3) is 0 Å². The van der Waals surface area contributed by atoms with Gasteiger partial charge in [-0.05, 0) is 47.5 Å². The molecule has 0 heterocycles. The average Bonchev–Trinajstić information content (AvgIpc) is 2.24. The molecule has 0 fully saturated rings. The molecule has 3 N–H and O–H groups in total. The maximum atomic E-state index is 12.3. The monoisotopic (exact) mass is 336 g/mol. The molecule has 0 radical (unpaired) electrons. The van der Waals surface area contributed by atoms with Crippen LogP contribution in [0.3, 0.4) is 0 Å². The Morgan fingerprint density at radius 1 is 1.50 bits per heavy atom. The molecule has 0 amide bonds. The van der Waals surface area contributed by atoms with Crippen LogP contribution >= 0.6 is 15.9 Å². The fourth-order valence-electron chi connectivity index (χ4n) is 1.38. The predicted octanol–water partition coefficient (Wildman–Crippen LogP) is 1.42. The van der Waals surface area contributed by atoms with Crippen LogP contribution in [0.2, 0.25) is 0 Å². The van der Waals surface area contributed by atoms with E-state index in [9.17, 15) is 13.5 Å². The predicted molar refractivity (Wildman–Crippen MR) is 74.7 cm³/mol. The number of sulfonamides is 1. The number of nitrogens with two attached hydrogens (primary N) is 1. The van der Waals surface area contributed by atoms with E-state index in [0.717, 1.165) is 0 Å². The molecular formula is C11H17BrN2O3S. The highest BCUT2D eigenvalue weighted by Crippen LogP contribution is 2.26. The summed E-state index contributed by atoms with van der Waals surface area (Å²) in [5.41, 5.74) is 6.07. The minimum atomic E-state index is -3.56. The summed E-state index contributed by atoms with van der Waals surface area (Å²) in [6.45, 7) is 1.89. The van der Waals surface area contributed by atoms with Crippen molar-refractivity contribution in [2.75, 3.05) is 19.3 Å². The molecule has 0 aliphatic carbocycles. The Morgan fingerprint density at radius 2 is 2.11 bits per heavy atom. The number of anilines is 1. The minimum Gasteiger partial charge on any atom is -0.399 e. The van der Waals surface area contributed by atoms with E-state index in [-0.39, 0.29) is 11.4 Å². The van der Waals surface area contributed by atoms with Crippen molar-refractivity contribution < 1.29 is 13.5 Å². The van der Waals surface area contributed by atoms with Crippen LogP contribution in [0, 0.1) is 0 Å². The van der Waals surface area contributed by atoms with Crippen molar-refractivity contribution in [1.29, 1.82) is 0 Å². The van der Waals surface area contributed by atoms with Gasteiger partial charge in [0.2, 0.25) is 10.0 Å². The number of benzene rings is 1. The minimum absolute atomic E-state index is 0.171. The highest BCUT2D eigenvalue weighted by atomic mass is 79.9. The molecule has 1 aromatic carbocycles. The molecule has 0 saturated heterocycles. The second-order valence-electron chi connectivity index (χ2n) is 4.15. The third-order valence-electron chi connectivity index (χ3n) is 2.51. The quantitative estimate of drug-likeness (QED) is 0.796. The van der Waals surface area contributed by atoms with Crippen molar-refractivity contribution in [3.8, 4) is 0 Å². The molecular weight excluding hydrogens is 320 g/mol. The van der Waals surface area contributed by atoms with Crippen molar-refractivity contribution in [3.05, 3.63) is 22.7 Å². The van der Waals surface area contributed by atoms with E-state index in [1.54, 1.807) is 19.1 Å². The van der Waals surface area contributed by atoms with Gasteiger partial charge in [0.15, 0.2) is 0 Å². The summed E-state index contributed by atoms with van der Waals surface area (Å²) < 4.78 is 26.2. The van der Waals surface area contributed by atoms with Crippen molar-refractivity contribution >= 4 is 31.6 Å². The first-order valence-corrected chi connectivity index (χ1v) is 7.68. The largest absolute Gasteiger partial charge is 0.399 e. The van der Waals surface area contributed by atoms with Crippen LogP contribution in [0.4, 0.5) is 5.69 Å². The Bertz CT molecular complexity index is 517. The van der Waals surface area contributed by atoms with Gasteiger partial charge in [-0.2, -0.15) is 0 Å². The molecule has 1 unspecified atom stereocenters. The van der Waals surface area contributed by atoms with Crippen LogP contribution in [0.1, 0.15) is 13.3 Å². The van der Waals surface area contributed by atoms with E-state index in [1.165, 1.54) is 17.4 Å². The second-order valence-corrected chi connectivity index (χ2v) is 7.02. The zero-order valence-corrected chi connectivity index (χ0v) is 12.7. The van der Waals surface area contributed by atoms with Crippen LogP contribution in [0.15, 0.2) is 27.6 Å². The number of nitrogen functional groups attached to an aromatic ring is 1. The molecule has 0 bridgehead atoms. The first-order chi connectivity index (χ1) is 8.25. The van der Waals surface area contributed by atoms with Gasteiger partial charge in [0.25, 0.3) is 0 Å². The number of hydrogen-bond acceptors (Lipinski definition) is 4. The summed E-state index contributed by atoms with van der Waals surface area (Å²) in [4.78, 5) is 0.171. The lowest BCUT2D eigenvalue weighted by atomic mass is 10.3. The van der Waals surface area contributed by atoms with Crippen molar-refractivity contribution in [1.82, 2.24) is 4.31 Å². The van der Waals surface area contributed by atoms with Gasteiger partial charge in [-0.25, -0.2) is 12.7 Å². The summed E-state index contributed by atoms with van der Waals surface area (Å²) >= 11 is 3.20. The maximum absolute atomic E-state index is 12.3. The molecule has 0 aliphatic heterocycles. The molecule has 102 valence electrons. The molecule has 0 aliphatic rings. The molecule has 5 nitrogen and oxygen atoms in total. The lowest BCUT2D eigenvalue weighted by Crippen LogP contribution is -2.29. The van der Waals surface area contributed by atoms with E-state index in [0.29, 0.717) is 16.6 Å². The SMILES string of the molecule is CC(O)CCN(C)S(=O)(=O)c1ccc(N)cc1Br. The molecule has 0 saturated carbocycles. The number of hydrogen-bond donors (Lipinski definition) is 2. The Labute approximate surface area is 116 Å². The summed E-state index contributed by atoms with van der Waals surface area (Å²) in [5, 5.41) is 9.18. The van der Waals surface area contributed by atoms with E-state index in [4.69, 9.17) is 5.73 Å². The molecule has 0 spiro atoms.